The maximum absolute atomic E-state index is 11.9. The van der Waals surface area contributed by atoms with E-state index in [0.29, 0.717) is 17.9 Å². The number of carbonyl (C=O) groups excluding carboxylic acids is 1. The zero-order valence-corrected chi connectivity index (χ0v) is 10.7. The van der Waals surface area contributed by atoms with E-state index in [-0.39, 0.29) is 5.91 Å². The molecular formula is C15H17N3O. The normalized spacial score (nSPS) is 10.3. The number of carbonyl (C=O) groups is 1. The standard InChI is InChI=1S/C15H17N3O/c1-2-3-4-5-8-17-15(19)14-10-11-9-12(16)6-7-13(11)18-14/h1,6-7,9-10,18H,3-5,8,16H2,(H,17,19). The maximum atomic E-state index is 11.9. The number of nitrogens with one attached hydrogen (secondary N) is 2. The summed E-state index contributed by atoms with van der Waals surface area (Å²) in [5.41, 5.74) is 7.86. The smallest absolute Gasteiger partial charge is 0.267 e. The minimum Gasteiger partial charge on any atom is -0.399 e. The number of rotatable bonds is 5. The first-order valence-electron chi connectivity index (χ1n) is 6.30. The second-order valence-corrected chi connectivity index (χ2v) is 4.45. The van der Waals surface area contributed by atoms with Crippen molar-refractivity contribution in [1.29, 1.82) is 0 Å². The molecule has 4 N–H and O–H groups in total. The first kappa shape index (κ1) is 13.0. The van der Waals surface area contributed by atoms with Gasteiger partial charge in [0.1, 0.15) is 5.69 Å². The fourth-order valence-corrected chi connectivity index (χ4v) is 1.92. The van der Waals surface area contributed by atoms with Crippen LogP contribution in [0.2, 0.25) is 0 Å². The van der Waals surface area contributed by atoms with Crippen LogP contribution in [0.4, 0.5) is 5.69 Å². The second kappa shape index (κ2) is 5.96. The number of unbranched alkanes of at least 4 members (excludes halogenated alkanes) is 2. The molecule has 0 bridgehead atoms. The van der Waals surface area contributed by atoms with E-state index in [4.69, 9.17) is 12.2 Å². The minimum atomic E-state index is -0.101. The van der Waals surface area contributed by atoms with Gasteiger partial charge in [-0.05, 0) is 37.1 Å². The number of nitrogens with two attached hydrogens (primary N) is 1. The van der Waals surface area contributed by atoms with E-state index < -0.39 is 0 Å². The summed E-state index contributed by atoms with van der Waals surface area (Å²) in [6.45, 7) is 0.637. The van der Waals surface area contributed by atoms with Crippen molar-refractivity contribution in [1.82, 2.24) is 10.3 Å². The van der Waals surface area contributed by atoms with Crippen molar-refractivity contribution in [2.75, 3.05) is 12.3 Å². The molecule has 0 atom stereocenters. The molecular weight excluding hydrogens is 238 g/mol. The van der Waals surface area contributed by atoms with Crippen LogP contribution < -0.4 is 11.1 Å². The van der Waals surface area contributed by atoms with Gasteiger partial charge in [0, 0.05) is 29.6 Å². The number of hydrogen-bond donors (Lipinski definition) is 3. The number of anilines is 1. The SMILES string of the molecule is C#CCCCCNC(=O)c1cc2cc(N)ccc2[nH]1. The number of terminal acetylenes is 1. The lowest BCUT2D eigenvalue weighted by molar-refractivity contribution is 0.0949. The van der Waals surface area contributed by atoms with Gasteiger partial charge in [0.15, 0.2) is 0 Å². The molecule has 0 aliphatic carbocycles. The number of aromatic amines is 1. The molecule has 19 heavy (non-hydrogen) atoms. The van der Waals surface area contributed by atoms with E-state index >= 15 is 0 Å². The molecule has 1 amide bonds. The van der Waals surface area contributed by atoms with Crippen LogP contribution in [0.1, 0.15) is 29.8 Å². The Morgan fingerprint density at radius 2 is 2.21 bits per heavy atom. The predicted molar refractivity (Wildman–Crippen MR) is 77.7 cm³/mol. The van der Waals surface area contributed by atoms with E-state index in [1.54, 1.807) is 6.07 Å². The largest absolute Gasteiger partial charge is 0.399 e. The number of benzene rings is 1. The molecule has 0 saturated carbocycles. The van der Waals surface area contributed by atoms with E-state index in [9.17, 15) is 4.79 Å². The van der Waals surface area contributed by atoms with Crippen LogP contribution in [0.5, 0.6) is 0 Å². The molecule has 1 aromatic heterocycles. The highest BCUT2D eigenvalue weighted by Crippen LogP contribution is 2.18. The number of hydrogen-bond acceptors (Lipinski definition) is 2. The van der Waals surface area contributed by atoms with Crippen molar-refractivity contribution in [3.63, 3.8) is 0 Å². The molecule has 98 valence electrons. The van der Waals surface area contributed by atoms with Crippen molar-refractivity contribution < 1.29 is 4.79 Å². The van der Waals surface area contributed by atoms with Gasteiger partial charge in [-0.15, -0.1) is 12.3 Å². The molecule has 0 unspecified atom stereocenters. The molecule has 2 aromatic rings. The van der Waals surface area contributed by atoms with Gasteiger partial charge >= 0.3 is 0 Å². The summed E-state index contributed by atoms with van der Waals surface area (Å²) in [4.78, 5) is 15.0. The summed E-state index contributed by atoms with van der Waals surface area (Å²) in [5, 5.41) is 3.81. The summed E-state index contributed by atoms with van der Waals surface area (Å²) < 4.78 is 0. The Kier molecular flexibility index (Phi) is 4.09. The molecule has 0 aliphatic rings. The van der Waals surface area contributed by atoms with Crippen LogP contribution in [-0.4, -0.2) is 17.4 Å². The molecule has 2 rings (SSSR count). The van der Waals surface area contributed by atoms with Gasteiger partial charge in [0.2, 0.25) is 0 Å². The highest BCUT2D eigenvalue weighted by Gasteiger charge is 2.08. The van der Waals surface area contributed by atoms with Crippen LogP contribution in [0, 0.1) is 12.3 Å². The van der Waals surface area contributed by atoms with Gasteiger partial charge < -0.3 is 16.0 Å². The Balaban J connectivity index is 1.96. The van der Waals surface area contributed by atoms with Gasteiger partial charge in [-0.3, -0.25) is 4.79 Å². The summed E-state index contributed by atoms with van der Waals surface area (Å²) in [6, 6.07) is 7.33. The Morgan fingerprint density at radius 1 is 1.37 bits per heavy atom. The lowest BCUT2D eigenvalue weighted by Crippen LogP contribution is -2.24. The molecule has 4 heteroatoms. The fraction of sp³-hybridized carbons (Fsp3) is 0.267. The lowest BCUT2D eigenvalue weighted by Gasteiger charge is -2.02. The number of nitrogen functional groups attached to an aromatic ring is 1. The van der Waals surface area contributed by atoms with E-state index in [2.05, 4.69) is 16.2 Å². The Labute approximate surface area is 112 Å². The van der Waals surface area contributed by atoms with Gasteiger partial charge in [-0.2, -0.15) is 0 Å². The van der Waals surface area contributed by atoms with Crippen LogP contribution in [0.15, 0.2) is 24.3 Å². The van der Waals surface area contributed by atoms with Crippen molar-refractivity contribution in [3.8, 4) is 12.3 Å². The molecule has 0 fully saturated rings. The third-order valence-corrected chi connectivity index (χ3v) is 2.92. The average molecular weight is 255 g/mol. The highest BCUT2D eigenvalue weighted by atomic mass is 16.1. The van der Waals surface area contributed by atoms with Crippen molar-refractivity contribution in [3.05, 3.63) is 30.0 Å². The van der Waals surface area contributed by atoms with E-state index in [0.717, 1.165) is 30.2 Å². The van der Waals surface area contributed by atoms with Crippen molar-refractivity contribution in [2.45, 2.75) is 19.3 Å². The van der Waals surface area contributed by atoms with E-state index in [1.165, 1.54) is 0 Å². The fourth-order valence-electron chi connectivity index (χ4n) is 1.92. The maximum Gasteiger partial charge on any atom is 0.267 e. The molecule has 4 nitrogen and oxygen atoms in total. The van der Waals surface area contributed by atoms with E-state index in [1.807, 2.05) is 18.2 Å². The summed E-state index contributed by atoms with van der Waals surface area (Å²) in [7, 11) is 0. The Morgan fingerprint density at radius 3 is 3.00 bits per heavy atom. The van der Waals surface area contributed by atoms with Gasteiger partial charge in [0.05, 0.1) is 0 Å². The van der Waals surface area contributed by atoms with Gasteiger partial charge in [-0.25, -0.2) is 0 Å². The molecule has 0 aliphatic heterocycles. The number of fused-ring (bicyclic) bond motifs is 1. The summed E-state index contributed by atoms with van der Waals surface area (Å²) in [6.07, 6.45) is 7.74. The van der Waals surface area contributed by atoms with Gasteiger partial charge in [0.25, 0.3) is 5.91 Å². The lowest BCUT2D eigenvalue weighted by atomic mass is 10.2. The zero-order valence-electron chi connectivity index (χ0n) is 10.7. The minimum absolute atomic E-state index is 0.101. The van der Waals surface area contributed by atoms with Crippen LogP contribution in [0.3, 0.4) is 0 Å². The zero-order chi connectivity index (χ0) is 13.7. The summed E-state index contributed by atoms with van der Waals surface area (Å²) in [5.74, 6) is 2.48. The molecule has 0 radical (unpaired) electrons. The highest BCUT2D eigenvalue weighted by molar-refractivity contribution is 5.98. The predicted octanol–water partition coefficient (Wildman–Crippen LogP) is 2.28. The quantitative estimate of drug-likeness (QED) is 0.436. The summed E-state index contributed by atoms with van der Waals surface area (Å²) >= 11 is 0. The van der Waals surface area contributed by atoms with Gasteiger partial charge in [-0.1, -0.05) is 0 Å². The number of aromatic nitrogens is 1. The van der Waals surface area contributed by atoms with Crippen LogP contribution in [-0.2, 0) is 0 Å². The Bertz CT molecular complexity index is 622. The van der Waals surface area contributed by atoms with Crippen molar-refractivity contribution in [2.24, 2.45) is 0 Å². The average Bonchev–Trinajstić information content (AvgIpc) is 2.81. The van der Waals surface area contributed by atoms with Crippen LogP contribution in [0.25, 0.3) is 10.9 Å². The molecule has 0 spiro atoms. The molecule has 1 heterocycles. The number of H-pyrrole nitrogens is 1. The monoisotopic (exact) mass is 255 g/mol. The number of amides is 1. The first-order valence-corrected chi connectivity index (χ1v) is 6.30. The van der Waals surface area contributed by atoms with Crippen LogP contribution >= 0.6 is 0 Å². The Hall–Kier alpha value is -2.41. The second-order valence-electron chi connectivity index (χ2n) is 4.45. The molecule has 1 aromatic carbocycles. The topological polar surface area (TPSA) is 70.9 Å². The first-order chi connectivity index (χ1) is 9.20. The third kappa shape index (κ3) is 3.29. The van der Waals surface area contributed by atoms with Crippen molar-refractivity contribution >= 4 is 22.5 Å². The third-order valence-electron chi connectivity index (χ3n) is 2.92. The molecule has 0 saturated heterocycles.